The van der Waals surface area contributed by atoms with Crippen LogP contribution in [0.2, 0.25) is 0 Å². The summed E-state index contributed by atoms with van der Waals surface area (Å²) < 4.78 is 5.08. The van der Waals surface area contributed by atoms with Crippen LogP contribution in [0.1, 0.15) is 32.6 Å². The number of unbranched alkanes of at least 4 members (excludes halogenated alkanes) is 2. The molecule has 0 spiro atoms. The smallest absolute Gasteiger partial charge is 0.316 e. The molecule has 4 N–H and O–H groups in total. The van der Waals surface area contributed by atoms with Crippen molar-refractivity contribution in [2.75, 3.05) is 7.11 Å². The van der Waals surface area contributed by atoms with E-state index in [9.17, 15) is 9.90 Å². The van der Waals surface area contributed by atoms with Gasteiger partial charge in [0.1, 0.15) is 11.0 Å². The average Bonchev–Trinajstić information content (AvgIpc) is 2.49. The normalized spacial score (nSPS) is 11.2. The number of carboxylic acids is 1. The summed E-state index contributed by atoms with van der Waals surface area (Å²) in [5.41, 5.74) is 0. The molecule has 0 heterocycles. The topological polar surface area (TPSA) is 92.8 Å². The molecule has 0 radical (unpaired) electrons. The lowest BCUT2D eigenvalue weighted by atomic mass is 10.1. The minimum Gasteiger partial charge on any atom is -0.497 e. The second-order valence-corrected chi connectivity index (χ2v) is 5.39. The number of hydrogen-bond donors (Lipinski definition) is 3. The Hall–Kier alpha value is -1.24. The summed E-state index contributed by atoms with van der Waals surface area (Å²) in [6.07, 6.45) is 3.89. The Labute approximate surface area is 124 Å². The van der Waals surface area contributed by atoms with Crippen molar-refractivity contribution in [2.24, 2.45) is 5.90 Å². The minimum absolute atomic E-state index is 0.357. The molecule has 0 aliphatic rings. The van der Waals surface area contributed by atoms with Gasteiger partial charge in [-0.05, 0) is 30.7 Å². The predicted octanol–water partition coefficient (Wildman–Crippen LogP) is 3.16. The predicted molar refractivity (Wildman–Crippen MR) is 80.4 cm³/mol. The first-order chi connectivity index (χ1) is 9.67. The number of aliphatic carboxylic acids is 1. The largest absolute Gasteiger partial charge is 0.497 e. The zero-order chi connectivity index (χ0) is 15.4. The number of nitrogens with two attached hydrogens (primary N) is 1. The third-order valence-electron chi connectivity index (χ3n) is 2.68. The second-order valence-electron chi connectivity index (χ2n) is 4.12. The van der Waals surface area contributed by atoms with Crippen molar-refractivity contribution in [2.45, 2.75) is 42.8 Å². The van der Waals surface area contributed by atoms with Gasteiger partial charge >= 0.3 is 5.97 Å². The number of carboxylic acid groups (broad SMARTS) is 1. The molecular formula is C14H23NO4S. The highest BCUT2D eigenvalue weighted by Crippen LogP contribution is 2.28. The number of methoxy groups -OCH3 is 1. The van der Waals surface area contributed by atoms with Gasteiger partial charge < -0.3 is 15.1 Å². The Kier molecular flexibility index (Phi) is 10.9. The zero-order valence-electron chi connectivity index (χ0n) is 11.9. The quantitative estimate of drug-likeness (QED) is 0.388. The van der Waals surface area contributed by atoms with Crippen LogP contribution in [0.25, 0.3) is 0 Å². The van der Waals surface area contributed by atoms with Crippen molar-refractivity contribution < 1.29 is 19.8 Å². The van der Waals surface area contributed by atoms with Gasteiger partial charge in [0.25, 0.3) is 0 Å². The third kappa shape index (κ3) is 7.37. The Bertz CT molecular complexity index is 370. The molecule has 0 bridgehead atoms. The van der Waals surface area contributed by atoms with E-state index >= 15 is 0 Å². The van der Waals surface area contributed by atoms with Gasteiger partial charge in [-0.2, -0.15) is 0 Å². The van der Waals surface area contributed by atoms with E-state index in [4.69, 9.17) is 9.94 Å². The van der Waals surface area contributed by atoms with Crippen LogP contribution < -0.4 is 10.6 Å². The number of ether oxygens (including phenoxy) is 1. The van der Waals surface area contributed by atoms with E-state index in [0.717, 1.165) is 36.3 Å². The van der Waals surface area contributed by atoms with E-state index in [0.29, 0.717) is 0 Å². The molecule has 0 saturated heterocycles. The van der Waals surface area contributed by atoms with Crippen molar-refractivity contribution >= 4 is 17.7 Å². The fourth-order valence-corrected chi connectivity index (χ4v) is 2.64. The van der Waals surface area contributed by atoms with E-state index in [1.807, 2.05) is 24.3 Å². The molecule has 114 valence electrons. The highest BCUT2D eigenvalue weighted by molar-refractivity contribution is 8.00. The highest BCUT2D eigenvalue weighted by atomic mass is 32.2. The number of hydrogen-bond acceptors (Lipinski definition) is 5. The van der Waals surface area contributed by atoms with Crippen LogP contribution in [0.4, 0.5) is 0 Å². The Morgan fingerprint density at radius 1 is 1.30 bits per heavy atom. The van der Waals surface area contributed by atoms with Gasteiger partial charge in [-0.15, -0.1) is 11.8 Å². The van der Waals surface area contributed by atoms with Gasteiger partial charge in [0.05, 0.1) is 7.11 Å². The Morgan fingerprint density at radius 2 is 1.90 bits per heavy atom. The molecule has 20 heavy (non-hydrogen) atoms. The lowest BCUT2D eigenvalue weighted by molar-refractivity contribution is -0.136. The van der Waals surface area contributed by atoms with Crippen molar-refractivity contribution in [3.8, 4) is 5.75 Å². The van der Waals surface area contributed by atoms with Crippen molar-refractivity contribution in [1.82, 2.24) is 0 Å². The maximum absolute atomic E-state index is 11.2. The summed E-state index contributed by atoms with van der Waals surface area (Å²) in [6, 6.07) is 7.51. The zero-order valence-corrected chi connectivity index (χ0v) is 12.7. The second kappa shape index (κ2) is 11.6. The summed E-state index contributed by atoms with van der Waals surface area (Å²) in [6.45, 7) is 2.12. The molecule has 6 heteroatoms. The monoisotopic (exact) mass is 301 g/mol. The van der Waals surface area contributed by atoms with Gasteiger partial charge in [-0.3, -0.25) is 4.79 Å². The molecule has 0 amide bonds. The molecule has 0 aliphatic heterocycles. The molecule has 1 unspecified atom stereocenters. The first kappa shape index (κ1) is 18.8. The summed E-state index contributed by atoms with van der Waals surface area (Å²) in [7, 11) is 1.62. The fourth-order valence-electron chi connectivity index (χ4n) is 1.63. The van der Waals surface area contributed by atoms with Crippen LogP contribution in [0.5, 0.6) is 5.75 Å². The van der Waals surface area contributed by atoms with E-state index in [1.54, 1.807) is 7.11 Å². The summed E-state index contributed by atoms with van der Waals surface area (Å²) >= 11 is 1.41. The summed E-state index contributed by atoms with van der Waals surface area (Å²) in [5.74, 6) is 3.56. The molecule has 1 atom stereocenters. The van der Waals surface area contributed by atoms with Crippen LogP contribution in [0.15, 0.2) is 29.2 Å². The van der Waals surface area contributed by atoms with Crippen molar-refractivity contribution in [3.63, 3.8) is 0 Å². The lowest BCUT2D eigenvalue weighted by Crippen LogP contribution is -2.15. The fraction of sp³-hybridized carbons (Fsp3) is 0.500. The highest BCUT2D eigenvalue weighted by Gasteiger charge is 2.18. The van der Waals surface area contributed by atoms with Gasteiger partial charge in [-0.1, -0.05) is 26.2 Å². The lowest BCUT2D eigenvalue weighted by Gasteiger charge is -2.12. The van der Waals surface area contributed by atoms with Crippen LogP contribution in [-0.2, 0) is 4.79 Å². The molecule has 0 saturated carbocycles. The maximum Gasteiger partial charge on any atom is 0.316 e. The maximum atomic E-state index is 11.2. The molecule has 0 aromatic heterocycles. The number of thioether (sulfide) groups is 1. The SMILES string of the molecule is CCCCCC(Sc1ccc(OC)cc1)C(=O)O.NO. The van der Waals surface area contributed by atoms with E-state index in [-0.39, 0.29) is 5.25 Å². The van der Waals surface area contributed by atoms with E-state index < -0.39 is 5.97 Å². The van der Waals surface area contributed by atoms with Crippen LogP contribution in [0, 0.1) is 0 Å². The molecule has 0 fully saturated rings. The third-order valence-corrected chi connectivity index (χ3v) is 3.95. The Balaban J connectivity index is 0.00000172. The van der Waals surface area contributed by atoms with E-state index in [2.05, 4.69) is 12.8 Å². The number of rotatable bonds is 8. The average molecular weight is 301 g/mol. The van der Waals surface area contributed by atoms with Crippen LogP contribution in [0.3, 0.4) is 0 Å². The van der Waals surface area contributed by atoms with Crippen LogP contribution in [-0.4, -0.2) is 28.6 Å². The molecular weight excluding hydrogens is 278 g/mol. The summed E-state index contributed by atoms with van der Waals surface area (Å²) in [5, 5.41) is 15.3. The standard InChI is InChI=1S/C14H20O3S.H3NO/c1-3-4-5-6-13(14(15)16)18-12-9-7-11(17-2)8-10-12;1-2/h7-10,13H,3-6H2,1-2H3,(H,15,16);2H,1H2. The van der Waals surface area contributed by atoms with Gasteiger partial charge in [-0.25, -0.2) is 5.90 Å². The number of benzene rings is 1. The van der Waals surface area contributed by atoms with Gasteiger partial charge in [0, 0.05) is 4.90 Å². The number of carbonyl (C=O) groups is 1. The first-order valence-corrected chi connectivity index (χ1v) is 7.34. The molecule has 1 aromatic carbocycles. The van der Waals surface area contributed by atoms with Crippen LogP contribution >= 0.6 is 11.8 Å². The van der Waals surface area contributed by atoms with E-state index in [1.165, 1.54) is 11.8 Å². The molecule has 1 rings (SSSR count). The molecule has 1 aromatic rings. The molecule has 0 aliphatic carbocycles. The minimum atomic E-state index is -0.730. The summed E-state index contributed by atoms with van der Waals surface area (Å²) in [4.78, 5) is 12.1. The van der Waals surface area contributed by atoms with Crippen molar-refractivity contribution in [3.05, 3.63) is 24.3 Å². The Morgan fingerprint density at radius 3 is 2.35 bits per heavy atom. The first-order valence-electron chi connectivity index (χ1n) is 6.46. The molecule has 5 nitrogen and oxygen atoms in total. The van der Waals surface area contributed by atoms with Gasteiger partial charge in [0.15, 0.2) is 0 Å². The van der Waals surface area contributed by atoms with Crippen molar-refractivity contribution in [1.29, 1.82) is 0 Å². The van der Waals surface area contributed by atoms with Gasteiger partial charge in [0.2, 0.25) is 0 Å².